The van der Waals surface area contributed by atoms with E-state index in [1.807, 2.05) is 50.2 Å². The highest BCUT2D eigenvalue weighted by Gasteiger charge is 2.50. The predicted molar refractivity (Wildman–Crippen MR) is 176 cm³/mol. The van der Waals surface area contributed by atoms with Gasteiger partial charge >= 0.3 is 0 Å². The summed E-state index contributed by atoms with van der Waals surface area (Å²) in [5.41, 5.74) is 5.39. The molecule has 5 rings (SSSR count). The lowest BCUT2D eigenvalue weighted by atomic mass is 9.65. The van der Waals surface area contributed by atoms with Crippen LogP contribution in [0, 0.1) is 5.92 Å². The highest BCUT2D eigenvalue weighted by atomic mass is 28.2. The zero-order chi connectivity index (χ0) is 32.3. The molecule has 2 aromatic carbocycles. The van der Waals surface area contributed by atoms with Crippen molar-refractivity contribution in [1.29, 1.82) is 0 Å². The summed E-state index contributed by atoms with van der Waals surface area (Å²) in [5.74, 6) is 0.158. The first-order valence-corrected chi connectivity index (χ1v) is 17.1. The standard InChI is InChI=1S/C33H41N7O4Si/c1-7-34-31(42)21(4)36-30(41)20(3)22-12-13-24-25(16-22)38-29(37-24)28(39-32(43)26-14-15-35-40(26)5)33(18-45-6)19(2)17-44-27-11-9-8-10-23(27)33/h8-16,18-21,28,45H,7,17H2,1-6H3,(H,34,42)(H,36,41)(H,37,38)(H,39,43)/b45-18+/t19?,20?,21-,28-,33+/m1/s1. The molecule has 5 atom stereocenters. The molecule has 3 amide bonds. The van der Waals surface area contributed by atoms with Crippen molar-refractivity contribution in [2.75, 3.05) is 13.2 Å². The molecule has 1 aliphatic heterocycles. The van der Waals surface area contributed by atoms with Crippen LogP contribution in [0.1, 0.15) is 67.1 Å². The van der Waals surface area contributed by atoms with Crippen LogP contribution >= 0.6 is 0 Å². The molecule has 0 fully saturated rings. The van der Waals surface area contributed by atoms with E-state index in [9.17, 15) is 14.4 Å². The van der Waals surface area contributed by atoms with E-state index in [1.165, 1.54) is 0 Å². The number of likely N-dealkylation sites (N-methyl/N-ethyl adjacent to an activating group) is 1. The van der Waals surface area contributed by atoms with Crippen molar-refractivity contribution in [2.45, 2.75) is 57.7 Å². The first-order valence-electron chi connectivity index (χ1n) is 15.3. The van der Waals surface area contributed by atoms with Gasteiger partial charge in [-0.25, -0.2) is 4.98 Å². The number of aromatic amines is 1. The SMILES string of the molecule is CCNC(=O)[C@@H](C)NC(=O)C(C)c1ccc2nc([C@@H](NC(=O)c3ccnn3C)[C@]3(/C=[SiH]/C)c4ccccc4OCC3C)[nH]c2c1. The van der Waals surface area contributed by atoms with Gasteiger partial charge < -0.3 is 25.7 Å². The molecule has 1 aliphatic rings. The van der Waals surface area contributed by atoms with E-state index in [-0.39, 0.29) is 32.8 Å². The number of nitrogens with one attached hydrogen (secondary N) is 4. The van der Waals surface area contributed by atoms with Gasteiger partial charge in [-0.15, -0.1) is 0 Å². The number of benzene rings is 2. The Kier molecular flexibility index (Phi) is 9.33. The number of aromatic nitrogens is 4. The number of H-pyrrole nitrogens is 1. The second kappa shape index (κ2) is 13.2. The fourth-order valence-electron chi connectivity index (χ4n) is 6.19. The number of nitrogens with zero attached hydrogens (tertiary/aromatic N) is 3. The average Bonchev–Trinajstić information content (AvgIpc) is 3.66. The van der Waals surface area contributed by atoms with Crippen LogP contribution in [-0.2, 0) is 22.1 Å². The van der Waals surface area contributed by atoms with Gasteiger partial charge in [0.05, 0.1) is 23.6 Å². The van der Waals surface area contributed by atoms with E-state index in [0.717, 1.165) is 22.4 Å². The summed E-state index contributed by atoms with van der Waals surface area (Å²) in [7, 11) is 1.66. The van der Waals surface area contributed by atoms with E-state index in [2.05, 4.69) is 51.2 Å². The number of amides is 3. The number of fused-ring (bicyclic) bond motifs is 2. The summed E-state index contributed by atoms with van der Waals surface area (Å²) in [6, 6.07) is 14.1. The molecule has 2 aromatic heterocycles. The molecule has 0 radical (unpaired) electrons. The lowest BCUT2D eigenvalue weighted by molar-refractivity contribution is -0.129. The number of carbonyl (C=O) groups excluding carboxylic acids is 3. The molecule has 0 bridgehead atoms. The van der Waals surface area contributed by atoms with Gasteiger partial charge in [0.1, 0.15) is 29.4 Å². The maximum Gasteiger partial charge on any atom is 0.270 e. The first-order chi connectivity index (χ1) is 21.6. The Hall–Kier alpha value is -4.58. The van der Waals surface area contributed by atoms with Crippen LogP contribution in [0.2, 0.25) is 6.55 Å². The van der Waals surface area contributed by atoms with Crippen molar-refractivity contribution in [1.82, 2.24) is 35.7 Å². The summed E-state index contributed by atoms with van der Waals surface area (Å²) in [5, 5.41) is 13.1. The zero-order valence-corrected chi connectivity index (χ0v) is 27.7. The van der Waals surface area contributed by atoms with E-state index in [4.69, 9.17) is 9.72 Å². The molecule has 0 saturated heterocycles. The second-order valence-corrected chi connectivity index (χ2v) is 12.6. The Morgan fingerprint density at radius 1 is 1.16 bits per heavy atom. The molecule has 0 aliphatic carbocycles. The second-order valence-electron chi connectivity index (χ2n) is 11.6. The van der Waals surface area contributed by atoms with Crippen LogP contribution in [0.25, 0.3) is 11.0 Å². The monoisotopic (exact) mass is 627 g/mol. The minimum Gasteiger partial charge on any atom is -0.493 e. The maximum atomic E-state index is 13.8. The van der Waals surface area contributed by atoms with Crippen LogP contribution in [0.5, 0.6) is 5.75 Å². The number of hydrogen-bond acceptors (Lipinski definition) is 6. The number of carbonyl (C=O) groups is 3. The van der Waals surface area contributed by atoms with Crippen molar-refractivity contribution in [3.63, 3.8) is 0 Å². The number of hydrogen-bond donors (Lipinski definition) is 4. The number of ether oxygens (including phenoxy) is 1. The number of aryl methyl sites for hydroxylation is 1. The largest absolute Gasteiger partial charge is 0.493 e. The molecule has 11 nitrogen and oxygen atoms in total. The molecular formula is C33H41N7O4Si. The molecule has 236 valence electrons. The topological polar surface area (TPSA) is 143 Å². The van der Waals surface area contributed by atoms with Gasteiger partial charge in [-0.2, -0.15) is 5.10 Å². The van der Waals surface area contributed by atoms with E-state index in [0.29, 0.717) is 30.2 Å². The normalized spacial score (nSPS) is 19.7. The molecule has 0 spiro atoms. The third kappa shape index (κ3) is 6.06. The predicted octanol–water partition coefficient (Wildman–Crippen LogP) is 2.77. The fraction of sp³-hybridized carbons (Fsp3) is 0.394. The molecule has 4 N–H and O–H groups in total. The fourth-order valence-corrected chi connectivity index (χ4v) is 7.44. The molecule has 3 heterocycles. The first kappa shape index (κ1) is 31.8. The van der Waals surface area contributed by atoms with Crippen LogP contribution in [0.15, 0.2) is 54.7 Å². The molecule has 2 unspecified atom stereocenters. The van der Waals surface area contributed by atoms with Crippen molar-refractivity contribution in [2.24, 2.45) is 13.0 Å². The molecule has 45 heavy (non-hydrogen) atoms. The van der Waals surface area contributed by atoms with Gasteiger partial charge in [0.2, 0.25) is 11.8 Å². The Labute approximate surface area is 265 Å². The lowest BCUT2D eigenvalue weighted by Crippen LogP contribution is -2.53. The van der Waals surface area contributed by atoms with Crippen molar-refractivity contribution in [3.8, 4) is 5.75 Å². The highest BCUT2D eigenvalue weighted by Crippen LogP contribution is 2.48. The van der Waals surface area contributed by atoms with Crippen LogP contribution in [-0.4, -0.2) is 71.5 Å². The van der Waals surface area contributed by atoms with E-state index in [1.54, 1.807) is 30.9 Å². The minimum atomic E-state index is -0.649. The number of imidazole rings is 1. The van der Waals surface area contributed by atoms with E-state index < -0.39 is 23.4 Å². The van der Waals surface area contributed by atoms with Gasteiger partial charge in [0.25, 0.3) is 5.91 Å². The molecule has 12 heteroatoms. The molecular weight excluding hydrogens is 586 g/mol. The number of rotatable bonds is 10. The van der Waals surface area contributed by atoms with Crippen molar-refractivity contribution < 1.29 is 19.1 Å². The van der Waals surface area contributed by atoms with Gasteiger partial charge in [-0.05, 0) is 59.7 Å². The highest BCUT2D eigenvalue weighted by molar-refractivity contribution is 6.47. The Balaban J connectivity index is 1.57. The van der Waals surface area contributed by atoms with Gasteiger partial charge in [-0.3, -0.25) is 19.1 Å². The summed E-state index contributed by atoms with van der Waals surface area (Å²) < 4.78 is 7.72. The number of para-hydroxylation sites is 1. The average molecular weight is 628 g/mol. The van der Waals surface area contributed by atoms with Crippen molar-refractivity contribution >= 4 is 43.6 Å². The summed E-state index contributed by atoms with van der Waals surface area (Å²) >= 11 is 0. The minimum absolute atomic E-state index is 0.0103. The molecule has 0 saturated carbocycles. The van der Waals surface area contributed by atoms with Gasteiger partial charge in [0, 0.05) is 36.7 Å². The lowest BCUT2D eigenvalue weighted by Gasteiger charge is -2.46. The van der Waals surface area contributed by atoms with Crippen molar-refractivity contribution in [3.05, 3.63) is 77.4 Å². The summed E-state index contributed by atoms with van der Waals surface area (Å²) in [4.78, 5) is 47.6. The quantitative estimate of drug-likeness (QED) is 0.199. The zero-order valence-electron chi connectivity index (χ0n) is 26.5. The Morgan fingerprint density at radius 3 is 2.64 bits per heavy atom. The third-order valence-corrected chi connectivity index (χ3v) is 9.59. The summed E-state index contributed by atoms with van der Waals surface area (Å²) in [6.45, 7) is 10.6. The van der Waals surface area contributed by atoms with Gasteiger partial charge in [0.15, 0.2) is 0 Å². The third-order valence-electron chi connectivity index (χ3n) is 8.70. The Bertz CT molecular complexity index is 1750. The molecule has 4 aromatic rings. The van der Waals surface area contributed by atoms with Crippen LogP contribution in [0.4, 0.5) is 0 Å². The van der Waals surface area contributed by atoms with Crippen LogP contribution in [0.3, 0.4) is 0 Å². The van der Waals surface area contributed by atoms with Crippen LogP contribution < -0.4 is 20.7 Å². The Morgan fingerprint density at radius 2 is 1.93 bits per heavy atom. The summed E-state index contributed by atoms with van der Waals surface area (Å²) in [6.07, 6.45) is 1.60. The van der Waals surface area contributed by atoms with Gasteiger partial charge in [-0.1, -0.05) is 43.4 Å². The smallest absolute Gasteiger partial charge is 0.270 e. The maximum absolute atomic E-state index is 13.8. The van der Waals surface area contributed by atoms with E-state index >= 15 is 0 Å².